The highest BCUT2D eigenvalue weighted by Gasteiger charge is 2.17. The lowest BCUT2D eigenvalue weighted by molar-refractivity contribution is -0.384. The fourth-order valence-corrected chi connectivity index (χ4v) is 1.81. The number of nitrogens with one attached hydrogen (secondary N) is 1. The quantitative estimate of drug-likeness (QED) is 0.602. The highest BCUT2D eigenvalue weighted by atomic mass is 16.6. The highest BCUT2D eigenvalue weighted by molar-refractivity contribution is 5.76. The van der Waals surface area contributed by atoms with E-state index in [4.69, 9.17) is 5.26 Å². The minimum atomic E-state index is -0.609. The molecule has 21 heavy (non-hydrogen) atoms. The van der Waals surface area contributed by atoms with Crippen LogP contribution >= 0.6 is 0 Å². The second kappa shape index (κ2) is 7.79. The lowest BCUT2D eigenvalue weighted by Crippen LogP contribution is -2.31. The first-order valence-electron chi connectivity index (χ1n) is 6.59. The summed E-state index contributed by atoms with van der Waals surface area (Å²) >= 11 is 0. The zero-order valence-corrected chi connectivity index (χ0v) is 12.0. The largest absolute Gasteiger partial charge is 0.364 e. The standard InChI is InChI=1S/C13H17N5O3/c1-3-17(4-2)12(19)5-6-15-13-11(18(20)21)7-10(8-14)9-16-13/h7,9H,3-6H2,1-2H3,(H,15,16). The maximum absolute atomic E-state index is 11.8. The Kier molecular flexibility index (Phi) is 6.07. The first-order chi connectivity index (χ1) is 10.0. The van der Waals surface area contributed by atoms with E-state index in [0.717, 1.165) is 6.07 Å². The normalized spacial score (nSPS) is 9.76. The Balaban J connectivity index is 2.70. The van der Waals surface area contributed by atoms with Crippen molar-refractivity contribution in [3.63, 3.8) is 0 Å². The zero-order chi connectivity index (χ0) is 15.8. The third-order valence-corrected chi connectivity index (χ3v) is 2.94. The maximum atomic E-state index is 11.8. The molecule has 1 aromatic heterocycles. The summed E-state index contributed by atoms with van der Waals surface area (Å²) in [5.41, 5.74) is -0.157. The van der Waals surface area contributed by atoms with Crippen LogP contribution in [0, 0.1) is 21.4 Å². The van der Waals surface area contributed by atoms with Crippen LogP contribution in [-0.2, 0) is 4.79 Å². The zero-order valence-electron chi connectivity index (χ0n) is 12.0. The lowest BCUT2D eigenvalue weighted by atomic mass is 10.2. The van der Waals surface area contributed by atoms with E-state index in [0.29, 0.717) is 13.1 Å². The molecule has 0 unspecified atom stereocenters. The van der Waals surface area contributed by atoms with Gasteiger partial charge in [0.2, 0.25) is 11.7 Å². The number of nitrogens with zero attached hydrogens (tertiary/aromatic N) is 4. The molecule has 0 atom stereocenters. The van der Waals surface area contributed by atoms with Gasteiger partial charge in [0.25, 0.3) is 0 Å². The van der Waals surface area contributed by atoms with Crippen LogP contribution in [0.25, 0.3) is 0 Å². The third-order valence-electron chi connectivity index (χ3n) is 2.94. The van der Waals surface area contributed by atoms with Crippen LogP contribution in [0.3, 0.4) is 0 Å². The molecule has 112 valence electrons. The van der Waals surface area contributed by atoms with Gasteiger partial charge in [0.05, 0.1) is 10.5 Å². The number of hydrogen-bond acceptors (Lipinski definition) is 6. The monoisotopic (exact) mass is 291 g/mol. The van der Waals surface area contributed by atoms with Gasteiger partial charge in [-0.2, -0.15) is 5.26 Å². The van der Waals surface area contributed by atoms with Crippen molar-refractivity contribution in [2.45, 2.75) is 20.3 Å². The fourth-order valence-electron chi connectivity index (χ4n) is 1.81. The van der Waals surface area contributed by atoms with E-state index in [1.807, 2.05) is 13.8 Å². The Morgan fingerprint density at radius 3 is 2.71 bits per heavy atom. The van der Waals surface area contributed by atoms with Gasteiger partial charge in [-0.1, -0.05) is 0 Å². The summed E-state index contributed by atoms with van der Waals surface area (Å²) in [6.45, 7) is 5.29. The average Bonchev–Trinajstić information content (AvgIpc) is 2.48. The topological polar surface area (TPSA) is 112 Å². The summed E-state index contributed by atoms with van der Waals surface area (Å²) in [4.78, 5) is 27.7. The van der Waals surface area contributed by atoms with Gasteiger partial charge in [-0.3, -0.25) is 14.9 Å². The van der Waals surface area contributed by atoms with Crippen molar-refractivity contribution in [2.75, 3.05) is 25.0 Å². The number of carbonyl (C=O) groups is 1. The van der Waals surface area contributed by atoms with Gasteiger partial charge < -0.3 is 10.2 Å². The van der Waals surface area contributed by atoms with Crippen LogP contribution in [0.1, 0.15) is 25.8 Å². The highest BCUT2D eigenvalue weighted by Crippen LogP contribution is 2.22. The van der Waals surface area contributed by atoms with Crippen molar-refractivity contribution in [1.29, 1.82) is 5.26 Å². The molecule has 0 saturated carbocycles. The van der Waals surface area contributed by atoms with Gasteiger partial charge in [-0.05, 0) is 13.8 Å². The number of amides is 1. The number of hydrogen-bond donors (Lipinski definition) is 1. The predicted octanol–water partition coefficient (Wildman–Crippen LogP) is 1.53. The molecular formula is C13H17N5O3. The van der Waals surface area contributed by atoms with E-state index in [1.165, 1.54) is 6.20 Å². The number of pyridine rings is 1. The van der Waals surface area contributed by atoms with Crippen molar-refractivity contribution < 1.29 is 9.72 Å². The summed E-state index contributed by atoms with van der Waals surface area (Å²) in [5.74, 6) is 0.0372. The molecular weight excluding hydrogens is 274 g/mol. The van der Waals surface area contributed by atoms with E-state index in [-0.39, 0.29) is 35.9 Å². The fraction of sp³-hybridized carbons (Fsp3) is 0.462. The van der Waals surface area contributed by atoms with Crippen molar-refractivity contribution in [1.82, 2.24) is 9.88 Å². The molecule has 0 aliphatic carbocycles. The third kappa shape index (κ3) is 4.42. The van der Waals surface area contributed by atoms with Gasteiger partial charge in [0.1, 0.15) is 6.07 Å². The van der Waals surface area contributed by atoms with Gasteiger partial charge in [0.15, 0.2) is 0 Å². The number of nitriles is 1. The first-order valence-corrected chi connectivity index (χ1v) is 6.59. The molecule has 1 aromatic rings. The number of aromatic nitrogens is 1. The van der Waals surface area contributed by atoms with Gasteiger partial charge in [-0.25, -0.2) is 4.98 Å². The molecule has 0 radical (unpaired) electrons. The Labute approximate surface area is 122 Å². The van der Waals surface area contributed by atoms with E-state index in [9.17, 15) is 14.9 Å². The minimum absolute atomic E-state index is 0.0243. The molecule has 0 bridgehead atoms. The first kappa shape index (κ1) is 16.4. The Morgan fingerprint density at radius 1 is 1.52 bits per heavy atom. The van der Waals surface area contributed by atoms with Crippen LogP contribution in [0.5, 0.6) is 0 Å². The van der Waals surface area contributed by atoms with Crippen LogP contribution in [0.4, 0.5) is 11.5 Å². The summed E-state index contributed by atoms with van der Waals surface area (Å²) in [7, 11) is 0. The van der Waals surface area contributed by atoms with E-state index >= 15 is 0 Å². The van der Waals surface area contributed by atoms with E-state index in [1.54, 1.807) is 11.0 Å². The summed E-state index contributed by atoms with van der Waals surface area (Å²) < 4.78 is 0. The second-order valence-electron chi connectivity index (χ2n) is 4.20. The number of nitro groups is 1. The predicted molar refractivity (Wildman–Crippen MR) is 76.6 cm³/mol. The molecule has 1 rings (SSSR count). The average molecular weight is 291 g/mol. The van der Waals surface area contributed by atoms with Crippen molar-refractivity contribution in [3.8, 4) is 6.07 Å². The molecule has 1 amide bonds. The summed E-state index contributed by atoms with van der Waals surface area (Å²) in [5, 5.41) is 22.4. The summed E-state index contributed by atoms with van der Waals surface area (Å²) in [6, 6.07) is 2.95. The van der Waals surface area contributed by atoms with Crippen molar-refractivity contribution in [2.24, 2.45) is 0 Å². The lowest BCUT2D eigenvalue weighted by Gasteiger charge is -2.18. The molecule has 1 N–H and O–H groups in total. The Bertz CT molecular complexity index is 563. The smallest absolute Gasteiger partial charge is 0.312 e. The SMILES string of the molecule is CCN(CC)C(=O)CCNc1ncc(C#N)cc1[N+](=O)[O-]. The molecule has 0 saturated heterocycles. The number of carbonyl (C=O) groups excluding carboxylic acids is 1. The number of rotatable bonds is 7. The molecule has 8 nitrogen and oxygen atoms in total. The Hall–Kier alpha value is -2.69. The van der Waals surface area contributed by atoms with Crippen LogP contribution < -0.4 is 5.32 Å². The van der Waals surface area contributed by atoms with Crippen molar-refractivity contribution in [3.05, 3.63) is 27.9 Å². The van der Waals surface area contributed by atoms with Crippen molar-refractivity contribution >= 4 is 17.4 Å². The second-order valence-corrected chi connectivity index (χ2v) is 4.20. The molecule has 0 aliphatic heterocycles. The van der Waals surface area contributed by atoms with Gasteiger partial charge in [0, 0.05) is 38.3 Å². The Morgan fingerprint density at radius 2 is 2.19 bits per heavy atom. The molecule has 0 aromatic carbocycles. The van der Waals surface area contributed by atoms with Gasteiger partial charge in [-0.15, -0.1) is 0 Å². The molecule has 0 fully saturated rings. The molecule has 1 heterocycles. The van der Waals surface area contributed by atoms with E-state index in [2.05, 4.69) is 10.3 Å². The minimum Gasteiger partial charge on any atom is -0.364 e. The van der Waals surface area contributed by atoms with Crippen LogP contribution in [0.15, 0.2) is 12.3 Å². The molecule has 0 spiro atoms. The van der Waals surface area contributed by atoms with Gasteiger partial charge >= 0.3 is 5.69 Å². The van der Waals surface area contributed by atoms with E-state index < -0.39 is 4.92 Å². The van der Waals surface area contributed by atoms with Crippen LogP contribution in [-0.4, -0.2) is 40.3 Å². The summed E-state index contributed by atoms with van der Waals surface area (Å²) in [6.07, 6.45) is 1.47. The molecule has 0 aliphatic rings. The maximum Gasteiger partial charge on any atom is 0.312 e. The van der Waals surface area contributed by atoms with Crippen LogP contribution in [0.2, 0.25) is 0 Å². The number of anilines is 1. The molecule has 8 heteroatoms.